The Kier molecular flexibility index (Phi) is 5.82. The molecule has 1 aromatic carbocycles. The Labute approximate surface area is 115 Å². The molecule has 1 unspecified atom stereocenters. The van der Waals surface area contributed by atoms with Gasteiger partial charge in [0.15, 0.2) is 0 Å². The summed E-state index contributed by atoms with van der Waals surface area (Å²) in [6, 6.07) is 7.04. The number of nitrogens with one attached hydrogen (secondary N) is 2. The highest BCUT2D eigenvalue weighted by Gasteiger charge is 2.27. The van der Waals surface area contributed by atoms with Crippen molar-refractivity contribution in [3.8, 4) is 5.75 Å². The first-order chi connectivity index (χ1) is 9.31. The van der Waals surface area contributed by atoms with Crippen LogP contribution in [0.25, 0.3) is 0 Å². The number of hydrogen-bond acceptors (Lipinski definition) is 3. The summed E-state index contributed by atoms with van der Waals surface area (Å²) in [5.41, 5.74) is 0.912. The fourth-order valence-corrected chi connectivity index (χ4v) is 1.52. The van der Waals surface area contributed by atoms with E-state index in [1.54, 1.807) is 24.6 Å². The van der Waals surface area contributed by atoms with Gasteiger partial charge in [-0.3, -0.25) is 4.79 Å². The average Bonchev–Trinajstić information content (AvgIpc) is 2.41. The SMILES string of the molecule is COc1ccc(C(C)NCC(=O)NCC(F)(F)F)cc1. The fraction of sp³-hybridized carbons (Fsp3) is 0.462. The van der Waals surface area contributed by atoms with Gasteiger partial charge in [0.1, 0.15) is 12.3 Å². The van der Waals surface area contributed by atoms with Crippen LogP contribution in [0.4, 0.5) is 13.2 Å². The van der Waals surface area contributed by atoms with Gasteiger partial charge in [0.05, 0.1) is 13.7 Å². The van der Waals surface area contributed by atoms with Gasteiger partial charge in [-0.25, -0.2) is 0 Å². The molecule has 0 fully saturated rings. The van der Waals surface area contributed by atoms with Crippen LogP contribution in [0.15, 0.2) is 24.3 Å². The second-order valence-electron chi connectivity index (χ2n) is 4.27. The van der Waals surface area contributed by atoms with E-state index in [-0.39, 0.29) is 12.6 Å². The fourth-order valence-electron chi connectivity index (χ4n) is 1.52. The van der Waals surface area contributed by atoms with Crippen LogP contribution < -0.4 is 15.4 Å². The van der Waals surface area contributed by atoms with Crippen molar-refractivity contribution in [1.29, 1.82) is 0 Å². The molecular formula is C13H17F3N2O2. The lowest BCUT2D eigenvalue weighted by molar-refractivity contribution is -0.137. The molecule has 0 saturated heterocycles. The molecule has 20 heavy (non-hydrogen) atoms. The lowest BCUT2D eigenvalue weighted by Gasteiger charge is -2.15. The zero-order valence-corrected chi connectivity index (χ0v) is 11.3. The molecule has 2 N–H and O–H groups in total. The normalized spacial score (nSPS) is 12.8. The van der Waals surface area contributed by atoms with Gasteiger partial charge < -0.3 is 15.4 Å². The number of ether oxygens (including phenoxy) is 1. The van der Waals surface area contributed by atoms with Crippen LogP contribution in [0.2, 0.25) is 0 Å². The van der Waals surface area contributed by atoms with Gasteiger partial charge >= 0.3 is 6.18 Å². The van der Waals surface area contributed by atoms with Crippen molar-refractivity contribution in [2.45, 2.75) is 19.1 Å². The van der Waals surface area contributed by atoms with E-state index in [0.717, 1.165) is 5.56 Å². The highest BCUT2D eigenvalue weighted by atomic mass is 19.4. The molecule has 0 aromatic heterocycles. The van der Waals surface area contributed by atoms with Crippen molar-refractivity contribution in [2.24, 2.45) is 0 Å². The van der Waals surface area contributed by atoms with Crippen molar-refractivity contribution in [3.05, 3.63) is 29.8 Å². The summed E-state index contributed by atoms with van der Waals surface area (Å²) >= 11 is 0. The molecule has 0 saturated carbocycles. The van der Waals surface area contributed by atoms with Crippen LogP contribution in [0.3, 0.4) is 0 Å². The monoisotopic (exact) mass is 290 g/mol. The topological polar surface area (TPSA) is 50.4 Å². The summed E-state index contributed by atoms with van der Waals surface area (Å²) in [7, 11) is 1.56. The van der Waals surface area contributed by atoms with E-state index >= 15 is 0 Å². The summed E-state index contributed by atoms with van der Waals surface area (Å²) in [6.07, 6.45) is -4.39. The van der Waals surface area contributed by atoms with Crippen molar-refractivity contribution in [1.82, 2.24) is 10.6 Å². The Morgan fingerprint density at radius 3 is 2.40 bits per heavy atom. The Balaban J connectivity index is 2.38. The van der Waals surface area contributed by atoms with Crippen molar-refractivity contribution in [3.63, 3.8) is 0 Å². The number of amides is 1. The molecule has 0 aliphatic heterocycles. The Morgan fingerprint density at radius 1 is 1.30 bits per heavy atom. The molecule has 7 heteroatoms. The molecule has 1 amide bonds. The number of methoxy groups -OCH3 is 1. The summed E-state index contributed by atoms with van der Waals surface area (Å²) in [5.74, 6) is 0.0200. The van der Waals surface area contributed by atoms with Crippen LogP contribution in [-0.4, -0.2) is 32.3 Å². The van der Waals surface area contributed by atoms with E-state index in [9.17, 15) is 18.0 Å². The van der Waals surface area contributed by atoms with E-state index in [1.165, 1.54) is 0 Å². The first-order valence-electron chi connectivity index (χ1n) is 6.02. The molecule has 1 aromatic rings. The predicted octanol–water partition coefficient (Wildman–Crippen LogP) is 2.02. The van der Waals surface area contributed by atoms with Crippen LogP contribution in [0, 0.1) is 0 Å². The van der Waals surface area contributed by atoms with Gasteiger partial charge in [0.25, 0.3) is 0 Å². The third-order valence-corrected chi connectivity index (χ3v) is 2.67. The maximum absolute atomic E-state index is 11.9. The van der Waals surface area contributed by atoms with Gasteiger partial charge in [-0.15, -0.1) is 0 Å². The van der Waals surface area contributed by atoms with E-state index in [2.05, 4.69) is 5.32 Å². The van der Waals surface area contributed by atoms with Crippen LogP contribution in [0.5, 0.6) is 5.75 Å². The largest absolute Gasteiger partial charge is 0.497 e. The molecule has 0 heterocycles. The van der Waals surface area contributed by atoms with Gasteiger partial charge in [-0.1, -0.05) is 12.1 Å². The van der Waals surface area contributed by atoms with E-state index in [1.807, 2.05) is 19.1 Å². The smallest absolute Gasteiger partial charge is 0.405 e. The number of halogens is 3. The molecule has 0 bridgehead atoms. The van der Waals surface area contributed by atoms with E-state index < -0.39 is 18.6 Å². The molecule has 1 rings (SSSR count). The average molecular weight is 290 g/mol. The molecule has 0 radical (unpaired) electrons. The maximum atomic E-state index is 11.9. The third-order valence-electron chi connectivity index (χ3n) is 2.67. The number of carbonyl (C=O) groups is 1. The molecule has 0 aliphatic rings. The Morgan fingerprint density at radius 2 is 1.90 bits per heavy atom. The second kappa shape index (κ2) is 7.14. The van der Waals surface area contributed by atoms with Gasteiger partial charge in [0, 0.05) is 6.04 Å². The molecule has 1 atom stereocenters. The number of alkyl halides is 3. The summed E-state index contributed by atoms with van der Waals surface area (Å²) in [4.78, 5) is 11.2. The highest BCUT2D eigenvalue weighted by Crippen LogP contribution is 2.17. The summed E-state index contributed by atoms with van der Waals surface area (Å²) in [5, 5.41) is 4.65. The van der Waals surface area contributed by atoms with Crippen molar-refractivity contribution < 1.29 is 22.7 Å². The van der Waals surface area contributed by atoms with E-state index in [0.29, 0.717) is 5.75 Å². The van der Waals surface area contributed by atoms with E-state index in [4.69, 9.17) is 4.74 Å². The van der Waals surface area contributed by atoms with Gasteiger partial charge in [-0.2, -0.15) is 13.2 Å². The lowest BCUT2D eigenvalue weighted by Crippen LogP contribution is -2.39. The zero-order valence-electron chi connectivity index (χ0n) is 11.3. The van der Waals surface area contributed by atoms with Crippen LogP contribution in [-0.2, 0) is 4.79 Å². The number of carbonyl (C=O) groups excluding carboxylic acids is 1. The molecule has 0 aliphatic carbocycles. The number of benzene rings is 1. The van der Waals surface area contributed by atoms with Crippen molar-refractivity contribution in [2.75, 3.05) is 20.2 Å². The Bertz CT molecular complexity index is 432. The first kappa shape index (κ1) is 16.3. The number of rotatable bonds is 6. The highest BCUT2D eigenvalue weighted by molar-refractivity contribution is 5.78. The second-order valence-corrected chi connectivity index (χ2v) is 4.27. The first-order valence-corrected chi connectivity index (χ1v) is 6.02. The third kappa shape index (κ3) is 5.92. The molecular weight excluding hydrogens is 273 g/mol. The quantitative estimate of drug-likeness (QED) is 0.843. The van der Waals surface area contributed by atoms with Gasteiger partial charge in [-0.05, 0) is 24.6 Å². The summed E-state index contributed by atoms with van der Waals surface area (Å²) in [6.45, 7) is 0.326. The maximum Gasteiger partial charge on any atom is 0.405 e. The van der Waals surface area contributed by atoms with Gasteiger partial charge in [0.2, 0.25) is 5.91 Å². The zero-order chi connectivity index (χ0) is 15.2. The minimum Gasteiger partial charge on any atom is -0.497 e. The minimum absolute atomic E-state index is 0.155. The minimum atomic E-state index is -4.39. The van der Waals surface area contributed by atoms with Crippen molar-refractivity contribution >= 4 is 5.91 Å². The standard InChI is InChI=1S/C13H17F3N2O2/c1-9(10-3-5-11(20-2)6-4-10)17-7-12(19)18-8-13(14,15)16/h3-6,9,17H,7-8H2,1-2H3,(H,18,19). The summed E-state index contributed by atoms with van der Waals surface area (Å²) < 4.78 is 40.7. The molecule has 0 spiro atoms. The Hall–Kier alpha value is -1.76. The predicted molar refractivity (Wildman–Crippen MR) is 68.5 cm³/mol. The molecule has 4 nitrogen and oxygen atoms in total. The molecule has 112 valence electrons. The lowest BCUT2D eigenvalue weighted by atomic mass is 10.1. The van der Waals surface area contributed by atoms with Crippen LogP contribution in [0.1, 0.15) is 18.5 Å². The van der Waals surface area contributed by atoms with Crippen LogP contribution >= 0.6 is 0 Å². The number of hydrogen-bond donors (Lipinski definition) is 2.